The second-order valence-corrected chi connectivity index (χ2v) is 6.99. The average Bonchev–Trinajstić information content (AvgIpc) is 3.10. The number of nitrogens with zero attached hydrogens (tertiary/aromatic N) is 3. The van der Waals surface area contributed by atoms with E-state index in [1.165, 1.54) is 4.88 Å². The van der Waals surface area contributed by atoms with Crippen molar-refractivity contribution in [3.63, 3.8) is 0 Å². The minimum Gasteiger partial charge on any atom is -0.378 e. The Morgan fingerprint density at radius 1 is 1.38 bits per heavy atom. The van der Waals surface area contributed by atoms with E-state index in [1.54, 1.807) is 11.3 Å². The highest BCUT2D eigenvalue weighted by atomic mass is 127. The Morgan fingerprint density at radius 3 is 2.83 bits per heavy atom. The molecule has 3 heterocycles. The van der Waals surface area contributed by atoms with Gasteiger partial charge in [-0.25, -0.2) is 0 Å². The number of halogens is 1. The quantitative estimate of drug-likeness (QED) is 0.417. The van der Waals surface area contributed by atoms with Crippen LogP contribution in [0.15, 0.2) is 22.5 Å². The summed E-state index contributed by atoms with van der Waals surface area (Å²) in [6, 6.07) is 4.57. The SMILES string of the molecule is CC1CN(C(CN=C(N)N2CCOCC2)c2cccs2)CCO1.I. The molecule has 2 aliphatic rings. The first-order valence-electron chi connectivity index (χ1n) is 8.25. The third kappa shape index (κ3) is 5.29. The van der Waals surface area contributed by atoms with E-state index in [2.05, 4.69) is 34.2 Å². The zero-order valence-corrected chi connectivity index (χ0v) is 17.2. The fourth-order valence-electron chi connectivity index (χ4n) is 3.07. The first-order chi connectivity index (χ1) is 11.2. The first kappa shape index (κ1) is 19.9. The summed E-state index contributed by atoms with van der Waals surface area (Å²) >= 11 is 1.79. The summed E-state index contributed by atoms with van der Waals surface area (Å²) < 4.78 is 11.0. The van der Waals surface area contributed by atoms with Gasteiger partial charge in [0.1, 0.15) is 0 Å². The smallest absolute Gasteiger partial charge is 0.191 e. The maximum Gasteiger partial charge on any atom is 0.191 e. The summed E-state index contributed by atoms with van der Waals surface area (Å²) in [6.07, 6.45) is 0.270. The van der Waals surface area contributed by atoms with Crippen molar-refractivity contribution in [1.82, 2.24) is 9.80 Å². The lowest BCUT2D eigenvalue weighted by Gasteiger charge is -2.36. The molecule has 8 heteroatoms. The summed E-state index contributed by atoms with van der Waals surface area (Å²) in [7, 11) is 0. The number of aliphatic imine (C=N–C) groups is 1. The lowest BCUT2D eigenvalue weighted by molar-refractivity contribution is -0.0327. The molecule has 2 atom stereocenters. The molecule has 2 N–H and O–H groups in total. The van der Waals surface area contributed by atoms with Crippen LogP contribution in [0, 0.1) is 0 Å². The van der Waals surface area contributed by atoms with Crippen molar-refractivity contribution in [2.45, 2.75) is 19.1 Å². The lowest BCUT2D eigenvalue weighted by Crippen LogP contribution is -2.46. The van der Waals surface area contributed by atoms with Crippen molar-refractivity contribution in [2.24, 2.45) is 10.7 Å². The Kier molecular flexibility index (Phi) is 8.21. The molecule has 24 heavy (non-hydrogen) atoms. The van der Waals surface area contributed by atoms with Gasteiger partial charge < -0.3 is 20.1 Å². The molecule has 2 unspecified atom stereocenters. The van der Waals surface area contributed by atoms with Crippen molar-refractivity contribution < 1.29 is 9.47 Å². The van der Waals surface area contributed by atoms with Gasteiger partial charge >= 0.3 is 0 Å². The third-order valence-corrected chi connectivity index (χ3v) is 5.32. The highest BCUT2D eigenvalue weighted by molar-refractivity contribution is 14.0. The molecule has 136 valence electrons. The topological polar surface area (TPSA) is 63.3 Å². The van der Waals surface area contributed by atoms with Crippen molar-refractivity contribution in [3.05, 3.63) is 22.4 Å². The van der Waals surface area contributed by atoms with Gasteiger partial charge in [-0.2, -0.15) is 0 Å². The zero-order valence-electron chi connectivity index (χ0n) is 14.1. The van der Waals surface area contributed by atoms with Crippen molar-refractivity contribution in [3.8, 4) is 0 Å². The van der Waals surface area contributed by atoms with E-state index in [1.807, 2.05) is 0 Å². The van der Waals surface area contributed by atoms with E-state index in [9.17, 15) is 0 Å². The minimum atomic E-state index is 0. The lowest BCUT2D eigenvalue weighted by atomic mass is 10.1. The van der Waals surface area contributed by atoms with Gasteiger partial charge in [0.2, 0.25) is 0 Å². The molecule has 3 rings (SSSR count). The molecule has 6 nitrogen and oxygen atoms in total. The normalized spacial score (nSPS) is 24.5. The molecular formula is C16H27IN4O2S. The molecule has 0 aliphatic carbocycles. The fraction of sp³-hybridized carbons (Fsp3) is 0.688. The standard InChI is InChI=1S/C16H26N4O2S.HI/c1-13-12-20(6-9-22-13)14(15-3-2-10-23-15)11-18-16(17)19-4-7-21-8-5-19;/h2-3,10,13-14H,4-9,11-12H2,1H3,(H2,17,18);1H. The van der Waals surface area contributed by atoms with Gasteiger partial charge in [0, 0.05) is 31.1 Å². The zero-order chi connectivity index (χ0) is 16.1. The Morgan fingerprint density at radius 2 is 2.17 bits per heavy atom. The van der Waals surface area contributed by atoms with Crippen LogP contribution in [0.25, 0.3) is 0 Å². The van der Waals surface area contributed by atoms with Crippen LogP contribution >= 0.6 is 35.3 Å². The van der Waals surface area contributed by atoms with E-state index in [0.29, 0.717) is 12.5 Å². The summed E-state index contributed by atoms with van der Waals surface area (Å²) in [5.74, 6) is 0.635. The molecule has 0 bridgehead atoms. The summed E-state index contributed by atoms with van der Waals surface area (Å²) in [5, 5.41) is 2.13. The Balaban J connectivity index is 0.00000208. The first-order valence-corrected chi connectivity index (χ1v) is 9.13. The van der Waals surface area contributed by atoms with Crippen LogP contribution in [0.3, 0.4) is 0 Å². The van der Waals surface area contributed by atoms with Crippen LogP contribution in [-0.2, 0) is 9.47 Å². The number of hydrogen-bond acceptors (Lipinski definition) is 5. The van der Waals surface area contributed by atoms with E-state index in [-0.39, 0.29) is 36.1 Å². The molecule has 0 saturated carbocycles. The van der Waals surface area contributed by atoms with Crippen LogP contribution < -0.4 is 5.73 Å². The van der Waals surface area contributed by atoms with Crippen molar-refractivity contribution >= 4 is 41.3 Å². The molecule has 0 aromatic carbocycles. The number of ether oxygens (including phenoxy) is 2. The molecular weight excluding hydrogens is 439 g/mol. The van der Waals surface area contributed by atoms with Gasteiger partial charge in [-0.1, -0.05) is 6.07 Å². The largest absolute Gasteiger partial charge is 0.378 e. The summed E-state index contributed by atoms with van der Waals surface area (Å²) in [5.41, 5.74) is 6.19. The van der Waals surface area contributed by atoms with Gasteiger partial charge in [0.15, 0.2) is 5.96 Å². The van der Waals surface area contributed by atoms with Crippen LogP contribution in [0.4, 0.5) is 0 Å². The molecule has 0 amide bonds. The van der Waals surface area contributed by atoms with Gasteiger partial charge in [-0.15, -0.1) is 35.3 Å². The van der Waals surface area contributed by atoms with E-state index >= 15 is 0 Å². The van der Waals surface area contributed by atoms with Crippen LogP contribution in [0.5, 0.6) is 0 Å². The predicted molar refractivity (Wildman–Crippen MR) is 108 cm³/mol. The number of guanidine groups is 1. The summed E-state index contributed by atoms with van der Waals surface area (Å²) in [4.78, 5) is 10.6. The maximum atomic E-state index is 6.19. The molecule has 1 aromatic heterocycles. The Bertz CT molecular complexity index is 508. The number of nitrogens with two attached hydrogens (primary N) is 1. The van der Waals surface area contributed by atoms with E-state index in [4.69, 9.17) is 20.2 Å². The molecule has 0 radical (unpaired) electrons. The second kappa shape index (κ2) is 9.91. The molecule has 2 saturated heterocycles. The number of rotatable bonds is 4. The van der Waals surface area contributed by atoms with Crippen molar-refractivity contribution in [1.29, 1.82) is 0 Å². The number of morpholine rings is 2. The molecule has 0 spiro atoms. The fourth-order valence-corrected chi connectivity index (χ4v) is 3.92. The predicted octanol–water partition coefficient (Wildman–Crippen LogP) is 1.77. The Hall–Kier alpha value is -0.420. The average molecular weight is 466 g/mol. The van der Waals surface area contributed by atoms with Gasteiger partial charge in [-0.3, -0.25) is 9.89 Å². The van der Waals surface area contributed by atoms with Crippen LogP contribution in [0.2, 0.25) is 0 Å². The van der Waals surface area contributed by atoms with Crippen molar-refractivity contribution in [2.75, 3.05) is 52.5 Å². The molecule has 2 aliphatic heterocycles. The van der Waals surface area contributed by atoms with Gasteiger partial charge in [-0.05, 0) is 18.4 Å². The van der Waals surface area contributed by atoms with Crippen LogP contribution in [-0.4, -0.2) is 74.4 Å². The molecule has 2 fully saturated rings. The van der Waals surface area contributed by atoms with Gasteiger partial charge in [0.05, 0.1) is 38.5 Å². The van der Waals surface area contributed by atoms with E-state index in [0.717, 1.165) is 46.0 Å². The van der Waals surface area contributed by atoms with E-state index < -0.39 is 0 Å². The third-order valence-electron chi connectivity index (χ3n) is 4.35. The maximum absolute atomic E-state index is 6.19. The summed E-state index contributed by atoms with van der Waals surface area (Å²) in [6.45, 7) is 8.60. The highest BCUT2D eigenvalue weighted by Crippen LogP contribution is 2.27. The minimum absolute atomic E-state index is 0. The Labute approximate surface area is 165 Å². The van der Waals surface area contributed by atoms with Crippen LogP contribution in [0.1, 0.15) is 17.8 Å². The monoisotopic (exact) mass is 466 g/mol. The molecule has 1 aromatic rings. The number of hydrogen-bond donors (Lipinski definition) is 1. The number of thiophene rings is 1. The van der Waals surface area contributed by atoms with Gasteiger partial charge in [0.25, 0.3) is 0 Å². The second-order valence-electron chi connectivity index (χ2n) is 6.01. The highest BCUT2D eigenvalue weighted by Gasteiger charge is 2.26.